The molecule has 1 aliphatic heterocycles. The average Bonchev–Trinajstić information content (AvgIpc) is 3.36. The van der Waals surface area contributed by atoms with Gasteiger partial charge < -0.3 is 10.2 Å². The molecule has 0 bridgehead atoms. The number of pyridine rings is 1. The summed E-state index contributed by atoms with van der Waals surface area (Å²) in [5, 5.41) is 13.9. The van der Waals surface area contributed by atoms with Crippen molar-refractivity contribution in [3.63, 3.8) is 0 Å². The van der Waals surface area contributed by atoms with Crippen LogP contribution >= 0.6 is 0 Å². The smallest absolute Gasteiger partial charge is 0.317 e. The standard InChI is InChI=1S/C17H19N7O/c25-17(23-8-2-1-4-15(23)13-10-19-20-11-13)22-14-5-6-16(18-12-14)24-9-3-7-21-24/h3,5-7,9-12,15H,1-2,4,8H2,(H,19,20)(H,22,25)/t15-/m0/s1. The van der Waals surface area contributed by atoms with Gasteiger partial charge in [0, 0.05) is 30.7 Å². The van der Waals surface area contributed by atoms with E-state index in [1.54, 1.807) is 23.3 Å². The minimum absolute atomic E-state index is 0.0591. The summed E-state index contributed by atoms with van der Waals surface area (Å²) in [7, 11) is 0. The number of piperidine rings is 1. The molecule has 8 heteroatoms. The fraction of sp³-hybridized carbons (Fsp3) is 0.294. The van der Waals surface area contributed by atoms with Crippen LogP contribution in [0.15, 0.2) is 49.2 Å². The van der Waals surface area contributed by atoms with E-state index in [1.807, 2.05) is 35.5 Å². The number of hydrogen-bond acceptors (Lipinski definition) is 4. The molecule has 8 nitrogen and oxygen atoms in total. The van der Waals surface area contributed by atoms with Gasteiger partial charge in [-0.05, 0) is 37.5 Å². The van der Waals surface area contributed by atoms with Crippen LogP contribution < -0.4 is 5.32 Å². The average molecular weight is 337 g/mol. The molecular weight excluding hydrogens is 318 g/mol. The summed E-state index contributed by atoms with van der Waals surface area (Å²) in [6.07, 6.45) is 11.9. The number of nitrogens with zero attached hydrogens (tertiary/aromatic N) is 5. The van der Waals surface area contributed by atoms with Gasteiger partial charge in [0.15, 0.2) is 5.82 Å². The van der Waals surface area contributed by atoms with Gasteiger partial charge in [-0.1, -0.05) is 0 Å². The van der Waals surface area contributed by atoms with Crippen LogP contribution in [0.3, 0.4) is 0 Å². The highest BCUT2D eigenvalue weighted by atomic mass is 16.2. The topological polar surface area (TPSA) is 91.7 Å². The van der Waals surface area contributed by atoms with Crippen LogP contribution in [0.25, 0.3) is 5.82 Å². The van der Waals surface area contributed by atoms with Crippen LogP contribution in [0.1, 0.15) is 30.9 Å². The molecule has 4 heterocycles. The third-order valence-corrected chi connectivity index (χ3v) is 4.41. The molecule has 25 heavy (non-hydrogen) atoms. The number of urea groups is 1. The summed E-state index contributed by atoms with van der Waals surface area (Å²) in [6, 6.07) is 5.44. The second-order valence-electron chi connectivity index (χ2n) is 6.02. The Morgan fingerprint density at radius 3 is 2.96 bits per heavy atom. The molecule has 0 unspecified atom stereocenters. The Balaban J connectivity index is 1.47. The van der Waals surface area contributed by atoms with Crippen LogP contribution in [0, 0.1) is 0 Å². The van der Waals surface area contributed by atoms with Crippen LogP contribution in [0.2, 0.25) is 0 Å². The van der Waals surface area contributed by atoms with Crippen molar-refractivity contribution in [1.29, 1.82) is 0 Å². The highest BCUT2D eigenvalue weighted by Crippen LogP contribution is 2.30. The summed E-state index contributed by atoms with van der Waals surface area (Å²) < 4.78 is 1.67. The van der Waals surface area contributed by atoms with E-state index in [2.05, 4.69) is 25.6 Å². The molecule has 0 aliphatic carbocycles. The third-order valence-electron chi connectivity index (χ3n) is 4.41. The lowest BCUT2D eigenvalue weighted by Crippen LogP contribution is -2.41. The van der Waals surface area contributed by atoms with E-state index in [0.29, 0.717) is 11.5 Å². The first-order chi connectivity index (χ1) is 12.3. The molecule has 2 N–H and O–H groups in total. The Hall–Kier alpha value is -3.16. The second kappa shape index (κ2) is 6.76. The lowest BCUT2D eigenvalue weighted by molar-refractivity contribution is 0.163. The fourth-order valence-electron chi connectivity index (χ4n) is 3.16. The molecule has 0 spiro atoms. The number of H-pyrrole nitrogens is 1. The van der Waals surface area contributed by atoms with Crippen LogP contribution in [0.4, 0.5) is 10.5 Å². The number of carbonyl (C=O) groups excluding carboxylic acids is 1. The maximum absolute atomic E-state index is 12.7. The highest BCUT2D eigenvalue weighted by Gasteiger charge is 2.28. The van der Waals surface area contributed by atoms with E-state index in [-0.39, 0.29) is 12.1 Å². The largest absolute Gasteiger partial charge is 0.322 e. The summed E-state index contributed by atoms with van der Waals surface area (Å²) in [5.74, 6) is 0.706. The second-order valence-corrected chi connectivity index (χ2v) is 6.02. The van der Waals surface area contributed by atoms with E-state index in [9.17, 15) is 4.79 Å². The minimum atomic E-state index is -0.112. The maximum Gasteiger partial charge on any atom is 0.322 e. The van der Waals surface area contributed by atoms with Crippen LogP contribution in [-0.4, -0.2) is 42.4 Å². The lowest BCUT2D eigenvalue weighted by Gasteiger charge is -2.35. The molecule has 0 saturated carbocycles. The molecule has 1 atom stereocenters. The lowest BCUT2D eigenvalue weighted by atomic mass is 9.98. The van der Waals surface area contributed by atoms with Crippen molar-refractivity contribution in [2.75, 3.05) is 11.9 Å². The van der Waals surface area contributed by atoms with Crippen LogP contribution in [0.5, 0.6) is 0 Å². The molecule has 1 fully saturated rings. The van der Waals surface area contributed by atoms with Gasteiger partial charge in [0.2, 0.25) is 0 Å². The number of carbonyl (C=O) groups is 1. The van der Waals surface area contributed by atoms with Crippen LogP contribution in [-0.2, 0) is 0 Å². The zero-order chi connectivity index (χ0) is 17.1. The highest BCUT2D eigenvalue weighted by molar-refractivity contribution is 5.89. The number of nitrogens with one attached hydrogen (secondary N) is 2. The van der Waals surface area contributed by atoms with Crippen molar-refractivity contribution in [1.82, 2.24) is 29.9 Å². The van der Waals surface area contributed by atoms with E-state index in [1.165, 1.54) is 0 Å². The summed E-state index contributed by atoms with van der Waals surface area (Å²) in [6.45, 7) is 0.737. The molecule has 3 aromatic rings. The van der Waals surface area contributed by atoms with Gasteiger partial charge in [-0.15, -0.1) is 0 Å². The van der Waals surface area contributed by atoms with E-state index in [4.69, 9.17) is 0 Å². The number of hydrogen-bond donors (Lipinski definition) is 2. The van der Waals surface area contributed by atoms with Gasteiger partial charge in [-0.2, -0.15) is 10.2 Å². The first kappa shape index (κ1) is 15.4. The van der Waals surface area contributed by atoms with Crippen molar-refractivity contribution >= 4 is 11.7 Å². The van der Waals surface area contributed by atoms with Gasteiger partial charge in [-0.3, -0.25) is 5.10 Å². The Morgan fingerprint density at radius 1 is 1.28 bits per heavy atom. The van der Waals surface area contributed by atoms with Crippen molar-refractivity contribution in [2.45, 2.75) is 25.3 Å². The molecule has 1 aliphatic rings. The van der Waals surface area contributed by atoms with Gasteiger partial charge in [0.1, 0.15) is 0 Å². The molecule has 4 rings (SSSR count). The summed E-state index contributed by atoms with van der Waals surface area (Å²) >= 11 is 0. The predicted molar refractivity (Wildman–Crippen MR) is 92.3 cm³/mol. The van der Waals surface area contributed by atoms with Crippen molar-refractivity contribution in [2.24, 2.45) is 0 Å². The number of amides is 2. The Kier molecular flexibility index (Phi) is 4.16. The first-order valence-corrected chi connectivity index (χ1v) is 8.33. The molecule has 1 saturated heterocycles. The number of aromatic amines is 1. The molecule has 128 valence electrons. The zero-order valence-electron chi connectivity index (χ0n) is 13.7. The fourth-order valence-corrected chi connectivity index (χ4v) is 3.16. The third kappa shape index (κ3) is 3.23. The predicted octanol–water partition coefficient (Wildman–Crippen LogP) is 2.75. The Labute approximate surface area is 144 Å². The van der Waals surface area contributed by atoms with Gasteiger partial charge >= 0.3 is 6.03 Å². The van der Waals surface area contributed by atoms with Crippen molar-refractivity contribution < 1.29 is 4.79 Å². The Bertz CT molecular complexity index is 811. The quantitative estimate of drug-likeness (QED) is 0.769. The molecule has 0 radical (unpaired) electrons. The van der Waals surface area contributed by atoms with E-state index in [0.717, 1.165) is 31.4 Å². The normalized spacial score (nSPS) is 17.4. The van der Waals surface area contributed by atoms with Gasteiger partial charge in [-0.25, -0.2) is 14.5 Å². The molecule has 0 aromatic carbocycles. The maximum atomic E-state index is 12.7. The summed E-state index contributed by atoms with van der Waals surface area (Å²) in [5.41, 5.74) is 1.71. The SMILES string of the molecule is O=C(Nc1ccc(-n2cccn2)nc1)N1CCCC[C@H]1c1cn[nH]c1. The van der Waals surface area contributed by atoms with E-state index < -0.39 is 0 Å². The van der Waals surface area contributed by atoms with Crippen molar-refractivity contribution in [3.05, 3.63) is 54.7 Å². The van der Waals surface area contributed by atoms with E-state index >= 15 is 0 Å². The van der Waals surface area contributed by atoms with Crippen molar-refractivity contribution in [3.8, 4) is 5.82 Å². The molecule has 2 amide bonds. The zero-order valence-corrected chi connectivity index (χ0v) is 13.7. The number of anilines is 1. The summed E-state index contributed by atoms with van der Waals surface area (Å²) in [4.78, 5) is 18.9. The number of aromatic nitrogens is 5. The van der Waals surface area contributed by atoms with Gasteiger partial charge in [0.25, 0.3) is 0 Å². The Morgan fingerprint density at radius 2 is 2.24 bits per heavy atom. The number of rotatable bonds is 3. The number of likely N-dealkylation sites (tertiary alicyclic amines) is 1. The minimum Gasteiger partial charge on any atom is -0.317 e. The first-order valence-electron chi connectivity index (χ1n) is 8.33. The monoisotopic (exact) mass is 337 g/mol. The molecule has 3 aromatic heterocycles. The van der Waals surface area contributed by atoms with Gasteiger partial charge in [0.05, 0.1) is 24.1 Å². The molecular formula is C17H19N7O.